The highest BCUT2D eigenvalue weighted by Crippen LogP contribution is 2.40. The van der Waals surface area contributed by atoms with Crippen molar-refractivity contribution in [2.24, 2.45) is 0 Å². The summed E-state index contributed by atoms with van der Waals surface area (Å²) in [5.41, 5.74) is 3.81. The molecule has 0 atom stereocenters. The van der Waals surface area contributed by atoms with Crippen LogP contribution in [-0.2, 0) is 12.8 Å². The maximum absolute atomic E-state index is 4.90. The summed E-state index contributed by atoms with van der Waals surface area (Å²) in [5, 5.41) is 5.68. The average molecular weight is 349 g/mol. The molecule has 2 heterocycles. The van der Waals surface area contributed by atoms with E-state index in [4.69, 9.17) is 10.1 Å². The fourth-order valence-electron chi connectivity index (χ4n) is 3.55. The zero-order valence-electron chi connectivity index (χ0n) is 14.1. The van der Waals surface area contributed by atoms with Crippen molar-refractivity contribution in [1.82, 2.24) is 24.7 Å². The van der Waals surface area contributed by atoms with Crippen LogP contribution in [0.5, 0.6) is 0 Å². The quantitative estimate of drug-likeness (QED) is 0.531. The Hall–Kier alpha value is -2.21. The first-order valence-corrected chi connectivity index (χ1v) is 9.94. The van der Waals surface area contributed by atoms with Crippen molar-refractivity contribution in [3.63, 3.8) is 0 Å². The van der Waals surface area contributed by atoms with E-state index < -0.39 is 0 Å². The van der Waals surface area contributed by atoms with Gasteiger partial charge in [0.1, 0.15) is 0 Å². The maximum Gasteiger partial charge on any atom is 0.187 e. The number of hydrogen-bond donors (Lipinski definition) is 0. The zero-order chi connectivity index (χ0) is 16.8. The minimum Gasteiger partial charge on any atom is -0.242 e. The SMILES string of the molecule is CSc1ncc(-c2nc(C3CC3)nn2C2Cc3ccccc3C2)cn1. The van der Waals surface area contributed by atoms with Gasteiger partial charge in [-0.25, -0.2) is 19.6 Å². The normalized spacial score (nSPS) is 17.0. The minimum absolute atomic E-state index is 0.327. The predicted molar refractivity (Wildman–Crippen MR) is 97.7 cm³/mol. The van der Waals surface area contributed by atoms with E-state index in [0.29, 0.717) is 12.0 Å². The topological polar surface area (TPSA) is 56.5 Å². The van der Waals surface area contributed by atoms with E-state index in [1.54, 1.807) is 11.8 Å². The first-order valence-electron chi connectivity index (χ1n) is 8.71. The lowest BCUT2D eigenvalue weighted by Gasteiger charge is -2.12. The molecule has 25 heavy (non-hydrogen) atoms. The summed E-state index contributed by atoms with van der Waals surface area (Å²) < 4.78 is 2.13. The molecule has 0 amide bonds. The van der Waals surface area contributed by atoms with Crippen LogP contribution in [0.2, 0.25) is 0 Å². The molecule has 5 rings (SSSR count). The Kier molecular flexibility index (Phi) is 3.59. The van der Waals surface area contributed by atoms with E-state index in [9.17, 15) is 0 Å². The van der Waals surface area contributed by atoms with Crippen LogP contribution in [0.3, 0.4) is 0 Å². The Morgan fingerprint density at radius 3 is 2.32 bits per heavy atom. The van der Waals surface area contributed by atoms with Crippen LogP contribution in [0.4, 0.5) is 0 Å². The number of rotatable bonds is 4. The van der Waals surface area contributed by atoms with Gasteiger partial charge in [-0.2, -0.15) is 5.10 Å². The van der Waals surface area contributed by atoms with Crippen LogP contribution in [0, 0.1) is 0 Å². The molecule has 6 heteroatoms. The van der Waals surface area contributed by atoms with Crippen LogP contribution >= 0.6 is 11.8 Å². The van der Waals surface area contributed by atoms with Crippen molar-refractivity contribution in [3.05, 3.63) is 53.6 Å². The highest BCUT2D eigenvalue weighted by Gasteiger charge is 2.32. The molecular formula is C19H19N5S. The van der Waals surface area contributed by atoms with Gasteiger partial charge in [0.05, 0.1) is 11.6 Å². The molecule has 2 aromatic heterocycles. The van der Waals surface area contributed by atoms with Crippen molar-refractivity contribution in [3.8, 4) is 11.4 Å². The van der Waals surface area contributed by atoms with E-state index in [1.165, 1.54) is 24.0 Å². The van der Waals surface area contributed by atoms with Gasteiger partial charge in [-0.15, -0.1) is 0 Å². The van der Waals surface area contributed by atoms with E-state index in [0.717, 1.165) is 35.2 Å². The van der Waals surface area contributed by atoms with Gasteiger partial charge < -0.3 is 0 Å². The monoisotopic (exact) mass is 349 g/mol. The number of benzene rings is 1. The van der Waals surface area contributed by atoms with Crippen molar-refractivity contribution < 1.29 is 0 Å². The maximum atomic E-state index is 4.90. The Bertz CT molecular complexity index is 889. The van der Waals surface area contributed by atoms with Crippen molar-refractivity contribution in [1.29, 1.82) is 0 Å². The molecule has 3 aromatic rings. The minimum atomic E-state index is 0.327. The van der Waals surface area contributed by atoms with Gasteiger partial charge in [-0.1, -0.05) is 36.0 Å². The number of nitrogens with zero attached hydrogens (tertiary/aromatic N) is 5. The Labute approximate surface area is 150 Å². The highest BCUT2D eigenvalue weighted by molar-refractivity contribution is 7.98. The lowest BCUT2D eigenvalue weighted by atomic mass is 10.1. The third-order valence-electron chi connectivity index (χ3n) is 5.03. The van der Waals surface area contributed by atoms with Gasteiger partial charge in [0.25, 0.3) is 0 Å². The third-order valence-corrected chi connectivity index (χ3v) is 5.61. The van der Waals surface area contributed by atoms with Crippen molar-refractivity contribution >= 4 is 11.8 Å². The molecular weight excluding hydrogens is 330 g/mol. The van der Waals surface area contributed by atoms with E-state index >= 15 is 0 Å². The predicted octanol–water partition coefficient (Wildman–Crippen LogP) is 3.67. The molecule has 0 saturated heterocycles. The van der Waals surface area contributed by atoms with Crippen LogP contribution < -0.4 is 0 Å². The highest BCUT2D eigenvalue weighted by atomic mass is 32.2. The second-order valence-electron chi connectivity index (χ2n) is 6.80. The summed E-state index contributed by atoms with van der Waals surface area (Å²) in [7, 11) is 0. The summed E-state index contributed by atoms with van der Waals surface area (Å²) in [6.45, 7) is 0. The summed E-state index contributed by atoms with van der Waals surface area (Å²) in [6.07, 6.45) is 10.2. The van der Waals surface area contributed by atoms with Gasteiger partial charge >= 0.3 is 0 Å². The molecule has 0 N–H and O–H groups in total. The smallest absolute Gasteiger partial charge is 0.187 e. The fraction of sp³-hybridized carbons (Fsp3) is 0.368. The summed E-state index contributed by atoms with van der Waals surface area (Å²) in [4.78, 5) is 13.7. The Morgan fingerprint density at radius 2 is 1.72 bits per heavy atom. The molecule has 2 aliphatic rings. The number of hydrogen-bond acceptors (Lipinski definition) is 5. The number of aromatic nitrogens is 5. The van der Waals surface area contributed by atoms with Gasteiger partial charge in [-0.3, -0.25) is 0 Å². The van der Waals surface area contributed by atoms with Gasteiger partial charge in [0, 0.05) is 18.3 Å². The van der Waals surface area contributed by atoms with Crippen LogP contribution in [0.1, 0.15) is 41.8 Å². The molecule has 0 unspecified atom stereocenters. The lowest BCUT2D eigenvalue weighted by Crippen LogP contribution is -2.13. The van der Waals surface area contributed by atoms with Crippen molar-refractivity contribution in [2.45, 2.75) is 42.8 Å². The number of fused-ring (bicyclic) bond motifs is 1. The second kappa shape index (κ2) is 5.95. The molecule has 5 nitrogen and oxygen atoms in total. The Balaban J connectivity index is 1.54. The first kappa shape index (κ1) is 15.1. The average Bonchev–Trinajstić information content (AvgIpc) is 3.27. The molecule has 0 aliphatic heterocycles. The zero-order valence-corrected chi connectivity index (χ0v) is 14.9. The molecule has 126 valence electrons. The lowest BCUT2D eigenvalue weighted by molar-refractivity contribution is 0.475. The molecule has 1 fully saturated rings. The molecule has 0 spiro atoms. The molecule has 2 aliphatic carbocycles. The van der Waals surface area contributed by atoms with Crippen LogP contribution in [0.25, 0.3) is 11.4 Å². The van der Waals surface area contributed by atoms with Gasteiger partial charge in [-0.05, 0) is 43.1 Å². The molecule has 1 saturated carbocycles. The fourth-order valence-corrected chi connectivity index (χ4v) is 3.87. The summed E-state index contributed by atoms with van der Waals surface area (Å²) in [6, 6.07) is 9.02. The van der Waals surface area contributed by atoms with Crippen LogP contribution in [0.15, 0.2) is 41.8 Å². The molecule has 0 bridgehead atoms. The number of thioether (sulfide) groups is 1. The van der Waals surface area contributed by atoms with Crippen LogP contribution in [-0.4, -0.2) is 31.0 Å². The van der Waals surface area contributed by atoms with E-state index in [1.807, 2.05) is 18.6 Å². The first-order chi connectivity index (χ1) is 12.3. The van der Waals surface area contributed by atoms with Gasteiger partial charge in [0.2, 0.25) is 0 Å². The third kappa shape index (κ3) is 2.74. The van der Waals surface area contributed by atoms with Gasteiger partial charge in [0.15, 0.2) is 16.8 Å². The van der Waals surface area contributed by atoms with Crippen molar-refractivity contribution in [2.75, 3.05) is 6.26 Å². The summed E-state index contributed by atoms with van der Waals surface area (Å²) >= 11 is 1.55. The second-order valence-corrected chi connectivity index (χ2v) is 7.58. The standard InChI is InChI=1S/C19H19N5S/c1-25-19-20-10-15(11-21-19)18-22-17(12-6-7-12)23-24(18)16-8-13-4-2-3-5-14(13)9-16/h2-5,10-12,16H,6-9H2,1H3. The Morgan fingerprint density at radius 1 is 1.04 bits per heavy atom. The molecule has 1 aromatic carbocycles. The summed E-state index contributed by atoms with van der Waals surface area (Å²) in [5.74, 6) is 2.43. The van der Waals surface area contributed by atoms with E-state index in [2.05, 4.69) is 38.9 Å². The van der Waals surface area contributed by atoms with E-state index in [-0.39, 0.29) is 0 Å². The molecule has 0 radical (unpaired) electrons. The largest absolute Gasteiger partial charge is 0.242 e.